The number of nitrogens with one attached hydrogen (secondary N) is 1. The quantitative estimate of drug-likeness (QED) is 0.697. The van der Waals surface area contributed by atoms with E-state index in [-0.39, 0.29) is 48.9 Å². The molecule has 4 heterocycles. The summed E-state index contributed by atoms with van der Waals surface area (Å²) >= 11 is 1.20. The van der Waals surface area contributed by atoms with Crippen molar-refractivity contribution in [3.63, 3.8) is 0 Å². The van der Waals surface area contributed by atoms with Crippen LogP contribution in [0.3, 0.4) is 0 Å². The van der Waals surface area contributed by atoms with E-state index in [0.29, 0.717) is 10.5 Å². The molecule has 1 saturated heterocycles. The number of rotatable bonds is 2. The predicted molar refractivity (Wildman–Crippen MR) is 94.6 cm³/mol. The summed E-state index contributed by atoms with van der Waals surface area (Å²) in [4.78, 5) is 37.5. The van der Waals surface area contributed by atoms with Gasteiger partial charge in [-0.25, -0.2) is 9.67 Å². The molecule has 4 rings (SSSR count). The van der Waals surface area contributed by atoms with E-state index in [2.05, 4.69) is 20.1 Å². The molecule has 28 heavy (non-hydrogen) atoms. The van der Waals surface area contributed by atoms with Crippen LogP contribution in [0.15, 0.2) is 16.5 Å². The van der Waals surface area contributed by atoms with Gasteiger partial charge in [0.15, 0.2) is 10.3 Å². The van der Waals surface area contributed by atoms with Crippen molar-refractivity contribution < 1.29 is 18.0 Å². The van der Waals surface area contributed by atoms with Gasteiger partial charge in [-0.3, -0.25) is 14.6 Å². The molecule has 3 aromatic rings. The number of nitrogens with zero attached hydrogens (tertiary/aromatic N) is 5. The zero-order chi connectivity index (χ0) is 20.1. The Morgan fingerprint density at radius 1 is 1.32 bits per heavy atom. The second-order valence-electron chi connectivity index (χ2n) is 6.56. The van der Waals surface area contributed by atoms with Gasteiger partial charge in [0.2, 0.25) is 5.95 Å². The maximum atomic E-state index is 12.8. The minimum Gasteiger partial charge on any atom is -0.339 e. The second-order valence-corrected chi connectivity index (χ2v) is 7.39. The van der Waals surface area contributed by atoms with Crippen molar-refractivity contribution in [1.29, 1.82) is 0 Å². The van der Waals surface area contributed by atoms with Crippen LogP contribution in [0, 0.1) is 12.8 Å². The number of alkyl halides is 3. The summed E-state index contributed by atoms with van der Waals surface area (Å²) in [5.74, 6) is -1.61. The number of aromatic amines is 1. The van der Waals surface area contributed by atoms with E-state index in [0.717, 1.165) is 0 Å². The Morgan fingerprint density at radius 2 is 2.04 bits per heavy atom. The van der Waals surface area contributed by atoms with E-state index in [1.165, 1.54) is 32.6 Å². The van der Waals surface area contributed by atoms with Crippen molar-refractivity contribution in [1.82, 2.24) is 29.6 Å². The lowest BCUT2D eigenvalue weighted by Gasteiger charge is -2.32. The Kier molecular flexibility index (Phi) is 4.44. The highest BCUT2D eigenvalue weighted by Gasteiger charge is 2.42. The maximum Gasteiger partial charge on any atom is 0.391 e. The zero-order valence-corrected chi connectivity index (χ0v) is 15.5. The molecule has 0 saturated carbocycles. The van der Waals surface area contributed by atoms with Crippen molar-refractivity contribution in [3.8, 4) is 5.95 Å². The average molecular weight is 412 g/mol. The number of piperidine rings is 1. The molecule has 0 unspecified atom stereocenters. The van der Waals surface area contributed by atoms with Crippen molar-refractivity contribution in [2.45, 2.75) is 25.9 Å². The van der Waals surface area contributed by atoms with Gasteiger partial charge in [0.05, 0.1) is 28.9 Å². The van der Waals surface area contributed by atoms with Gasteiger partial charge in [0.25, 0.3) is 11.5 Å². The largest absolute Gasteiger partial charge is 0.391 e. The Bertz CT molecular complexity index is 1090. The van der Waals surface area contributed by atoms with Crippen LogP contribution in [0.4, 0.5) is 13.2 Å². The molecular formula is C16H15F3N6O2S. The summed E-state index contributed by atoms with van der Waals surface area (Å²) in [6.45, 7) is 1.71. The van der Waals surface area contributed by atoms with Crippen LogP contribution in [-0.2, 0) is 0 Å². The van der Waals surface area contributed by atoms with Crippen LogP contribution in [-0.4, -0.2) is 54.8 Å². The predicted octanol–water partition coefficient (Wildman–Crippen LogP) is 2.29. The summed E-state index contributed by atoms with van der Waals surface area (Å²) in [7, 11) is 0. The van der Waals surface area contributed by atoms with Crippen LogP contribution in [0.1, 0.15) is 28.9 Å². The fourth-order valence-corrected chi connectivity index (χ4v) is 3.93. The van der Waals surface area contributed by atoms with Crippen LogP contribution in [0.2, 0.25) is 0 Å². The Labute approximate surface area is 160 Å². The number of carbonyl (C=O) groups is 1. The second kappa shape index (κ2) is 6.69. The smallest absolute Gasteiger partial charge is 0.339 e. The lowest BCUT2D eigenvalue weighted by atomic mass is 9.96. The van der Waals surface area contributed by atoms with E-state index < -0.39 is 17.7 Å². The van der Waals surface area contributed by atoms with Crippen LogP contribution >= 0.6 is 11.3 Å². The third-order valence-corrected chi connectivity index (χ3v) is 5.60. The number of halogens is 3. The number of thiazole rings is 1. The molecule has 148 valence electrons. The average Bonchev–Trinajstić information content (AvgIpc) is 3.27. The fourth-order valence-electron chi connectivity index (χ4n) is 3.27. The molecule has 0 bridgehead atoms. The first-order valence-electron chi connectivity index (χ1n) is 8.50. The van der Waals surface area contributed by atoms with Crippen molar-refractivity contribution >= 4 is 27.6 Å². The van der Waals surface area contributed by atoms with Gasteiger partial charge in [-0.05, 0) is 19.8 Å². The van der Waals surface area contributed by atoms with Crippen molar-refractivity contribution in [3.05, 3.63) is 33.3 Å². The van der Waals surface area contributed by atoms with Gasteiger partial charge in [-0.2, -0.15) is 23.3 Å². The summed E-state index contributed by atoms with van der Waals surface area (Å²) in [6.07, 6.45) is -3.12. The molecule has 1 N–H and O–H groups in total. The van der Waals surface area contributed by atoms with Gasteiger partial charge < -0.3 is 4.90 Å². The zero-order valence-electron chi connectivity index (χ0n) is 14.7. The Hall–Kier alpha value is -2.76. The SMILES string of the molecule is Cc1c(C(=O)N2CCC(C(F)(F)F)CC2)cnn1-c1nc2scnc2c(=O)[nH]1. The molecule has 12 heteroatoms. The van der Waals surface area contributed by atoms with E-state index in [4.69, 9.17) is 0 Å². The number of hydrogen-bond donors (Lipinski definition) is 1. The molecule has 0 radical (unpaired) electrons. The van der Waals surface area contributed by atoms with E-state index in [1.54, 1.807) is 6.92 Å². The van der Waals surface area contributed by atoms with E-state index >= 15 is 0 Å². The number of amides is 1. The third kappa shape index (κ3) is 3.17. The molecule has 1 amide bonds. The molecular weight excluding hydrogens is 397 g/mol. The monoisotopic (exact) mass is 412 g/mol. The normalized spacial score (nSPS) is 16.1. The van der Waals surface area contributed by atoms with Gasteiger partial charge in [0, 0.05) is 13.1 Å². The highest BCUT2D eigenvalue weighted by atomic mass is 32.1. The van der Waals surface area contributed by atoms with Crippen LogP contribution < -0.4 is 5.56 Å². The molecule has 8 nitrogen and oxygen atoms in total. The maximum absolute atomic E-state index is 12.8. The van der Waals surface area contributed by atoms with Crippen molar-refractivity contribution in [2.75, 3.05) is 13.1 Å². The minimum atomic E-state index is -4.23. The summed E-state index contributed by atoms with van der Waals surface area (Å²) in [5.41, 5.74) is 2.01. The van der Waals surface area contributed by atoms with Crippen molar-refractivity contribution in [2.24, 2.45) is 5.92 Å². The first kappa shape index (κ1) is 18.6. The standard InChI is InChI=1S/C16H15F3N6O2S/c1-8-10(14(27)24-4-2-9(3-5-24)16(17,18)19)6-21-25(8)15-22-12(26)11-13(23-15)28-7-20-11/h6-7,9H,2-5H2,1H3,(H,22,23,26). The van der Waals surface area contributed by atoms with Crippen LogP contribution in [0.25, 0.3) is 16.3 Å². The number of H-pyrrole nitrogens is 1. The highest BCUT2D eigenvalue weighted by Crippen LogP contribution is 2.34. The van der Waals surface area contributed by atoms with Gasteiger partial charge in [0.1, 0.15) is 0 Å². The van der Waals surface area contributed by atoms with E-state index in [1.807, 2.05) is 0 Å². The first-order chi connectivity index (χ1) is 13.3. The molecule has 3 aromatic heterocycles. The Balaban J connectivity index is 1.58. The summed E-state index contributed by atoms with van der Waals surface area (Å²) in [6, 6.07) is 0. The molecule has 0 aliphatic carbocycles. The number of carbonyl (C=O) groups excluding carboxylic acids is 1. The summed E-state index contributed by atoms with van der Waals surface area (Å²) in [5, 5.41) is 4.13. The lowest BCUT2D eigenvalue weighted by Crippen LogP contribution is -2.42. The number of fused-ring (bicyclic) bond motifs is 1. The molecule has 1 aliphatic rings. The molecule has 0 spiro atoms. The van der Waals surface area contributed by atoms with E-state index in [9.17, 15) is 22.8 Å². The van der Waals surface area contributed by atoms with Gasteiger partial charge in [-0.15, -0.1) is 11.3 Å². The molecule has 0 atom stereocenters. The Morgan fingerprint density at radius 3 is 2.71 bits per heavy atom. The highest BCUT2D eigenvalue weighted by molar-refractivity contribution is 7.16. The first-order valence-corrected chi connectivity index (χ1v) is 9.38. The molecule has 1 fully saturated rings. The summed E-state index contributed by atoms with van der Waals surface area (Å²) < 4.78 is 39.8. The number of hydrogen-bond acceptors (Lipinski definition) is 6. The minimum absolute atomic E-state index is 0.0372. The molecule has 1 aliphatic heterocycles. The number of aromatic nitrogens is 5. The fraction of sp³-hybridized carbons (Fsp3) is 0.438. The number of likely N-dealkylation sites (tertiary alicyclic amines) is 1. The lowest BCUT2D eigenvalue weighted by molar-refractivity contribution is -0.183. The van der Waals surface area contributed by atoms with Crippen LogP contribution in [0.5, 0.6) is 0 Å². The van der Waals surface area contributed by atoms with Gasteiger partial charge >= 0.3 is 6.18 Å². The third-order valence-electron chi connectivity index (χ3n) is 4.88. The molecule has 0 aromatic carbocycles. The topological polar surface area (TPSA) is 96.8 Å². The van der Waals surface area contributed by atoms with Gasteiger partial charge in [-0.1, -0.05) is 0 Å².